The van der Waals surface area contributed by atoms with Gasteiger partial charge in [0.1, 0.15) is 19.6 Å². The van der Waals surface area contributed by atoms with Crippen molar-refractivity contribution in [2.45, 2.75) is 19.3 Å². The van der Waals surface area contributed by atoms with Gasteiger partial charge in [0.05, 0.1) is 6.26 Å². The Hall–Kier alpha value is 0.220. The fourth-order valence-corrected chi connectivity index (χ4v) is 3.06. The van der Waals surface area contributed by atoms with E-state index in [1.165, 1.54) is 6.42 Å². The second-order valence-corrected chi connectivity index (χ2v) is 5.80. The van der Waals surface area contributed by atoms with E-state index >= 15 is 0 Å². The van der Waals surface area contributed by atoms with Gasteiger partial charge in [0.15, 0.2) is 0 Å². The monoisotopic (exact) mass is 240 g/mol. The predicted octanol–water partition coefficient (Wildman–Crippen LogP) is 0.808. The molecule has 0 N–H and O–H groups in total. The molecule has 1 saturated heterocycles. The molecule has 1 aliphatic rings. The molecule has 0 saturated carbocycles. The van der Waals surface area contributed by atoms with Crippen LogP contribution in [0.1, 0.15) is 19.3 Å². The number of nitrogens with zero attached hydrogens (tertiary/aromatic N) is 1. The van der Waals surface area contributed by atoms with E-state index in [1.807, 2.05) is 0 Å². The van der Waals surface area contributed by atoms with Crippen LogP contribution in [0.4, 0.5) is 0 Å². The maximum Gasteiger partial charge on any atom is 0.311 e. The van der Waals surface area contributed by atoms with E-state index in [0.29, 0.717) is 12.3 Å². The summed E-state index contributed by atoms with van der Waals surface area (Å²) in [5, 5.41) is 0. The first-order valence-electron chi connectivity index (χ1n) is 4.86. The van der Waals surface area contributed by atoms with Gasteiger partial charge in [0.25, 0.3) is 0 Å². The topological polar surface area (TPSA) is 43.4 Å². The van der Waals surface area contributed by atoms with Gasteiger partial charge in [-0.3, -0.25) is 0 Å². The quantitative estimate of drug-likeness (QED) is 0.584. The highest BCUT2D eigenvalue weighted by atomic mass is 32.2. The van der Waals surface area contributed by atoms with Crippen molar-refractivity contribution in [3.8, 4) is 0 Å². The average Bonchev–Trinajstić information content (AvgIpc) is 2.02. The molecule has 0 atom stereocenters. The van der Waals surface area contributed by atoms with E-state index in [-0.39, 0.29) is 4.65 Å². The molecular formula is C8H18NO3S2+. The zero-order chi connectivity index (χ0) is 10.7. The molecule has 0 aromatic rings. The summed E-state index contributed by atoms with van der Waals surface area (Å²) < 4.78 is 27.6. The van der Waals surface area contributed by atoms with Gasteiger partial charge in [-0.2, -0.15) is 25.7 Å². The Balaban J connectivity index is 2.70. The molecule has 84 valence electrons. The molecular weight excluding hydrogens is 222 g/mol. The van der Waals surface area contributed by atoms with Crippen LogP contribution >= 0.6 is 12.6 Å². The molecule has 0 unspecified atom stereocenters. The largest absolute Gasteiger partial charge is 0.311 e. The highest BCUT2D eigenvalue weighted by molar-refractivity contribution is 7.85. The number of piperidine rings is 1. The highest BCUT2D eigenvalue weighted by Gasteiger charge is 2.35. The minimum Gasteiger partial charge on any atom is -0.195 e. The third kappa shape index (κ3) is 3.76. The average molecular weight is 240 g/mol. The van der Waals surface area contributed by atoms with E-state index in [9.17, 15) is 8.42 Å². The molecule has 4 nitrogen and oxygen atoms in total. The van der Waals surface area contributed by atoms with Gasteiger partial charge in [-0.15, -0.1) is 0 Å². The number of quaternary nitrogens is 1. The highest BCUT2D eigenvalue weighted by Crippen LogP contribution is 2.21. The van der Waals surface area contributed by atoms with E-state index in [0.717, 1.165) is 32.2 Å². The van der Waals surface area contributed by atoms with Crippen molar-refractivity contribution in [2.75, 3.05) is 31.6 Å². The molecule has 6 heteroatoms. The fourth-order valence-electron chi connectivity index (χ4n) is 1.89. The molecule has 1 fully saturated rings. The van der Waals surface area contributed by atoms with Gasteiger partial charge in [0, 0.05) is 5.75 Å². The second-order valence-electron chi connectivity index (χ2n) is 3.79. The van der Waals surface area contributed by atoms with E-state index in [1.54, 1.807) is 0 Å². The maximum atomic E-state index is 11.1. The van der Waals surface area contributed by atoms with Crippen molar-refractivity contribution in [3.05, 3.63) is 0 Å². The lowest BCUT2D eigenvalue weighted by molar-refractivity contribution is -1.08. The van der Waals surface area contributed by atoms with Crippen LogP contribution in [0, 0.1) is 0 Å². The molecule has 0 radical (unpaired) electrons. The lowest BCUT2D eigenvalue weighted by atomic mass is 10.1. The number of hydrogen-bond donors (Lipinski definition) is 1. The maximum absolute atomic E-state index is 11.1. The minimum atomic E-state index is -3.37. The summed E-state index contributed by atoms with van der Waals surface area (Å²) in [6.07, 6.45) is 4.34. The Morgan fingerprint density at radius 2 is 1.86 bits per heavy atom. The van der Waals surface area contributed by atoms with Gasteiger partial charge in [0.2, 0.25) is 0 Å². The number of rotatable bonds is 4. The third-order valence-corrected chi connectivity index (χ3v) is 3.22. The van der Waals surface area contributed by atoms with Gasteiger partial charge in [-0.1, -0.05) is 4.28 Å². The number of thiol groups is 1. The smallest absolute Gasteiger partial charge is 0.195 e. The lowest BCUT2D eigenvalue weighted by Gasteiger charge is -2.36. The Labute approximate surface area is 91.3 Å². The summed E-state index contributed by atoms with van der Waals surface area (Å²) in [4.78, 5) is 0. The third-order valence-electron chi connectivity index (χ3n) is 2.43. The molecule has 1 heterocycles. The summed E-state index contributed by atoms with van der Waals surface area (Å²) in [5.74, 6) is 0.648. The summed E-state index contributed by atoms with van der Waals surface area (Å²) in [6.45, 7) is 2.23. The molecule has 0 bridgehead atoms. The summed E-state index contributed by atoms with van der Waals surface area (Å²) >= 11 is 4.14. The summed E-state index contributed by atoms with van der Waals surface area (Å²) in [5.41, 5.74) is 0. The Morgan fingerprint density at radius 3 is 2.29 bits per heavy atom. The van der Waals surface area contributed by atoms with Crippen molar-refractivity contribution in [3.63, 3.8) is 0 Å². The van der Waals surface area contributed by atoms with E-state index < -0.39 is 10.1 Å². The van der Waals surface area contributed by atoms with Crippen LogP contribution in [0.3, 0.4) is 0 Å². The predicted molar refractivity (Wildman–Crippen MR) is 58.5 cm³/mol. The first kappa shape index (κ1) is 12.3. The van der Waals surface area contributed by atoms with Gasteiger partial charge in [-0.05, 0) is 19.3 Å². The van der Waals surface area contributed by atoms with Crippen LogP contribution < -0.4 is 0 Å². The molecule has 1 aliphatic heterocycles. The van der Waals surface area contributed by atoms with Crippen molar-refractivity contribution >= 4 is 22.7 Å². The standard InChI is InChI=1S/C8H17NO3S2/c1-14(10,11)12-9(7-8-13)5-3-2-4-6-9/h2-8H2,1H3/p+1. The van der Waals surface area contributed by atoms with Gasteiger partial charge < -0.3 is 0 Å². The molecule has 0 spiro atoms. The zero-order valence-electron chi connectivity index (χ0n) is 8.48. The van der Waals surface area contributed by atoms with Crippen LogP contribution in [0.2, 0.25) is 0 Å². The van der Waals surface area contributed by atoms with Crippen LogP contribution in [0.25, 0.3) is 0 Å². The first-order chi connectivity index (χ1) is 6.47. The fraction of sp³-hybridized carbons (Fsp3) is 1.00. The van der Waals surface area contributed by atoms with Gasteiger partial charge in [-0.25, -0.2) is 0 Å². The van der Waals surface area contributed by atoms with Crippen LogP contribution in [-0.4, -0.2) is 44.7 Å². The SMILES string of the molecule is CS(=O)(=O)O[N+]1(CCS)CCCCC1. The Morgan fingerprint density at radius 1 is 1.29 bits per heavy atom. The van der Waals surface area contributed by atoms with Crippen molar-refractivity contribution in [1.82, 2.24) is 0 Å². The molecule has 0 amide bonds. The zero-order valence-corrected chi connectivity index (χ0v) is 10.2. The lowest BCUT2D eigenvalue weighted by Crippen LogP contribution is -2.53. The summed E-state index contributed by atoms with van der Waals surface area (Å²) in [7, 11) is -3.37. The number of likely N-dealkylation sites (tertiary alicyclic amines) is 1. The van der Waals surface area contributed by atoms with Crippen LogP contribution in [0.5, 0.6) is 0 Å². The molecule has 14 heavy (non-hydrogen) atoms. The van der Waals surface area contributed by atoms with Crippen molar-refractivity contribution in [1.29, 1.82) is 0 Å². The van der Waals surface area contributed by atoms with E-state index in [2.05, 4.69) is 12.6 Å². The van der Waals surface area contributed by atoms with E-state index in [4.69, 9.17) is 4.28 Å². The summed E-state index contributed by atoms with van der Waals surface area (Å²) in [6, 6.07) is 0. The van der Waals surface area contributed by atoms with Crippen molar-refractivity contribution in [2.24, 2.45) is 0 Å². The van der Waals surface area contributed by atoms with Crippen LogP contribution in [0.15, 0.2) is 0 Å². The normalized spacial score (nSPS) is 22.1. The molecule has 1 rings (SSSR count). The molecule has 0 aromatic heterocycles. The number of hydrogen-bond acceptors (Lipinski definition) is 4. The van der Waals surface area contributed by atoms with Gasteiger partial charge >= 0.3 is 10.1 Å². The molecule has 0 aromatic carbocycles. The number of hydroxylamine groups is 3. The second kappa shape index (κ2) is 4.83. The first-order valence-corrected chi connectivity index (χ1v) is 7.30. The Bertz CT molecular complexity index is 265. The van der Waals surface area contributed by atoms with Crippen molar-refractivity contribution < 1.29 is 17.3 Å². The van der Waals surface area contributed by atoms with Crippen LogP contribution in [-0.2, 0) is 14.4 Å². The molecule has 0 aliphatic carbocycles. The minimum absolute atomic E-state index is 0.238. The Kier molecular flexibility index (Phi) is 4.24.